The van der Waals surface area contributed by atoms with Gasteiger partial charge in [0.2, 0.25) is 11.8 Å². The zero-order chi connectivity index (χ0) is 18.0. The summed E-state index contributed by atoms with van der Waals surface area (Å²) in [5, 5.41) is 7.09. The number of carbonyl (C=O) groups excluding carboxylic acids is 2. The van der Waals surface area contributed by atoms with Gasteiger partial charge in [0.15, 0.2) is 5.13 Å². The molecule has 0 radical (unpaired) electrons. The Morgan fingerprint density at radius 2 is 2.04 bits per heavy atom. The van der Waals surface area contributed by atoms with Crippen LogP contribution in [0.25, 0.3) is 0 Å². The standard InChI is InChI=1S/C16H14F3N3O2S/c17-16(18,19)12-4-2-1-3-9(12)10-7-11(10)14(24)21-8-13(23)22-15-20-5-6-25-15/h1-6,10-11H,7-8H2,(H,21,24)(H,20,22,23)/t10-,11+/m1/s1. The molecule has 2 atom stereocenters. The van der Waals surface area contributed by atoms with Crippen molar-refractivity contribution in [2.24, 2.45) is 5.92 Å². The minimum absolute atomic E-state index is 0.127. The summed E-state index contributed by atoms with van der Waals surface area (Å²) >= 11 is 1.24. The lowest BCUT2D eigenvalue weighted by molar-refractivity contribution is -0.138. The highest BCUT2D eigenvalue weighted by Gasteiger charge is 2.47. The first-order chi connectivity index (χ1) is 11.9. The van der Waals surface area contributed by atoms with Gasteiger partial charge in [0.1, 0.15) is 0 Å². The topological polar surface area (TPSA) is 71.1 Å². The first-order valence-corrected chi connectivity index (χ1v) is 8.37. The first-order valence-electron chi connectivity index (χ1n) is 7.49. The Morgan fingerprint density at radius 1 is 1.28 bits per heavy atom. The molecule has 1 aromatic carbocycles. The Labute approximate surface area is 145 Å². The van der Waals surface area contributed by atoms with Crippen molar-refractivity contribution < 1.29 is 22.8 Å². The zero-order valence-corrected chi connectivity index (χ0v) is 13.7. The number of anilines is 1. The Morgan fingerprint density at radius 3 is 2.72 bits per heavy atom. The molecule has 1 aliphatic carbocycles. The second-order valence-corrected chi connectivity index (χ2v) is 6.53. The van der Waals surface area contributed by atoms with Gasteiger partial charge in [-0.2, -0.15) is 13.2 Å². The molecule has 1 fully saturated rings. The number of hydrogen-bond acceptors (Lipinski definition) is 4. The number of rotatable bonds is 5. The quantitative estimate of drug-likeness (QED) is 0.851. The number of nitrogens with zero attached hydrogens (tertiary/aromatic N) is 1. The number of benzene rings is 1. The van der Waals surface area contributed by atoms with Gasteiger partial charge in [-0.3, -0.25) is 9.59 Å². The van der Waals surface area contributed by atoms with Crippen molar-refractivity contribution in [3.8, 4) is 0 Å². The number of alkyl halides is 3. The van der Waals surface area contributed by atoms with Crippen molar-refractivity contribution in [1.82, 2.24) is 10.3 Å². The van der Waals surface area contributed by atoms with E-state index in [1.807, 2.05) is 0 Å². The summed E-state index contributed by atoms with van der Waals surface area (Å²) in [4.78, 5) is 27.6. The van der Waals surface area contributed by atoms with Gasteiger partial charge in [-0.1, -0.05) is 18.2 Å². The van der Waals surface area contributed by atoms with E-state index >= 15 is 0 Å². The number of nitrogens with one attached hydrogen (secondary N) is 2. The molecule has 132 valence electrons. The molecule has 0 bridgehead atoms. The Balaban J connectivity index is 1.55. The van der Waals surface area contributed by atoms with Crippen LogP contribution in [0.2, 0.25) is 0 Å². The molecule has 9 heteroatoms. The van der Waals surface area contributed by atoms with Crippen molar-refractivity contribution in [3.05, 3.63) is 47.0 Å². The second kappa shape index (κ2) is 6.83. The smallest absolute Gasteiger partial charge is 0.347 e. The third-order valence-corrected chi connectivity index (χ3v) is 4.58. The van der Waals surface area contributed by atoms with E-state index in [2.05, 4.69) is 15.6 Å². The third kappa shape index (κ3) is 4.16. The van der Waals surface area contributed by atoms with Gasteiger partial charge in [-0.05, 0) is 24.0 Å². The SMILES string of the molecule is O=C(CNC(=O)[C@H]1C[C@@H]1c1ccccc1C(F)(F)F)Nc1nccs1. The minimum atomic E-state index is -4.45. The lowest BCUT2D eigenvalue weighted by Gasteiger charge is -2.12. The van der Waals surface area contributed by atoms with Crippen molar-refractivity contribution in [2.75, 3.05) is 11.9 Å². The van der Waals surface area contributed by atoms with E-state index in [-0.39, 0.29) is 12.1 Å². The summed E-state index contributed by atoms with van der Waals surface area (Å²) in [5.74, 6) is -1.87. The number of aromatic nitrogens is 1. The zero-order valence-electron chi connectivity index (χ0n) is 12.8. The van der Waals surface area contributed by atoms with Crippen molar-refractivity contribution in [2.45, 2.75) is 18.5 Å². The minimum Gasteiger partial charge on any atom is -0.347 e. The van der Waals surface area contributed by atoms with Crippen LogP contribution in [0.4, 0.5) is 18.3 Å². The molecule has 2 amide bonds. The molecule has 1 aromatic heterocycles. The number of carbonyl (C=O) groups is 2. The van der Waals surface area contributed by atoms with Gasteiger partial charge in [-0.15, -0.1) is 11.3 Å². The molecule has 0 unspecified atom stereocenters. The molecule has 0 saturated heterocycles. The Bertz CT molecular complexity index is 777. The molecule has 1 aliphatic rings. The maximum Gasteiger partial charge on any atom is 0.416 e. The van der Waals surface area contributed by atoms with E-state index in [0.29, 0.717) is 11.6 Å². The first kappa shape index (κ1) is 17.4. The Kier molecular flexibility index (Phi) is 4.76. The summed E-state index contributed by atoms with van der Waals surface area (Å²) in [7, 11) is 0. The average molecular weight is 369 g/mol. The molecule has 2 aromatic rings. The predicted molar refractivity (Wildman–Crippen MR) is 86.0 cm³/mol. The summed E-state index contributed by atoms with van der Waals surface area (Å²) in [6, 6.07) is 5.27. The van der Waals surface area contributed by atoms with Crippen LogP contribution in [0.5, 0.6) is 0 Å². The van der Waals surface area contributed by atoms with E-state index in [1.54, 1.807) is 5.38 Å². The molecule has 3 rings (SSSR count). The van der Waals surface area contributed by atoms with Crippen LogP contribution in [0.3, 0.4) is 0 Å². The van der Waals surface area contributed by atoms with Crippen LogP contribution in [0, 0.1) is 5.92 Å². The fourth-order valence-corrected chi connectivity index (χ4v) is 3.20. The molecular formula is C16H14F3N3O2S. The molecule has 0 spiro atoms. The monoisotopic (exact) mass is 369 g/mol. The van der Waals surface area contributed by atoms with Gasteiger partial charge < -0.3 is 10.6 Å². The summed E-state index contributed by atoms with van der Waals surface area (Å²) in [5.41, 5.74) is -0.584. The maximum absolute atomic E-state index is 13.0. The highest BCUT2D eigenvalue weighted by Crippen LogP contribution is 2.50. The van der Waals surface area contributed by atoms with Crippen LogP contribution in [-0.4, -0.2) is 23.3 Å². The highest BCUT2D eigenvalue weighted by atomic mass is 32.1. The van der Waals surface area contributed by atoms with E-state index in [9.17, 15) is 22.8 Å². The van der Waals surface area contributed by atoms with Crippen LogP contribution >= 0.6 is 11.3 Å². The van der Waals surface area contributed by atoms with Crippen LogP contribution in [-0.2, 0) is 15.8 Å². The van der Waals surface area contributed by atoms with E-state index in [1.165, 1.54) is 35.7 Å². The average Bonchev–Trinajstić information content (AvgIpc) is 3.21. The predicted octanol–water partition coefficient (Wildman–Crippen LogP) is 3.02. The van der Waals surface area contributed by atoms with Crippen LogP contribution in [0.15, 0.2) is 35.8 Å². The molecule has 25 heavy (non-hydrogen) atoms. The number of hydrogen-bond donors (Lipinski definition) is 2. The van der Waals surface area contributed by atoms with Gasteiger partial charge >= 0.3 is 6.18 Å². The normalized spacial score (nSPS) is 19.3. The largest absolute Gasteiger partial charge is 0.416 e. The highest BCUT2D eigenvalue weighted by molar-refractivity contribution is 7.13. The van der Waals surface area contributed by atoms with Gasteiger partial charge in [0.25, 0.3) is 0 Å². The molecule has 1 heterocycles. The van der Waals surface area contributed by atoms with Gasteiger partial charge in [0, 0.05) is 17.5 Å². The van der Waals surface area contributed by atoms with Crippen molar-refractivity contribution in [3.63, 3.8) is 0 Å². The number of halogens is 3. The fourth-order valence-electron chi connectivity index (χ4n) is 2.65. The third-order valence-electron chi connectivity index (χ3n) is 3.89. The summed E-state index contributed by atoms with van der Waals surface area (Å²) in [6.45, 7) is -0.247. The van der Waals surface area contributed by atoms with E-state index in [4.69, 9.17) is 0 Å². The lowest BCUT2D eigenvalue weighted by Crippen LogP contribution is -2.34. The van der Waals surface area contributed by atoms with Crippen LogP contribution in [0.1, 0.15) is 23.5 Å². The molecule has 1 saturated carbocycles. The summed E-state index contributed by atoms with van der Waals surface area (Å²) < 4.78 is 39.1. The lowest BCUT2D eigenvalue weighted by atomic mass is 10.0. The molecule has 0 aliphatic heterocycles. The maximum atomic E-state index is 13.0. The summed E-state index contributed by atoms with van der Waals surface area (Å²) in [6.07, 6.45) is -2.58. The second-order valence-electron chi connectivity index (χ2n) is 5.64. The van der Waals surface area contributed by atoms with Gasteiger partial charge in [-0.25, -0.2) is 4.98 Å². The number of amides is 2. The molecule has 5 nitrogen and oxygen atoms in total. The van der Waals surface area contributed by atoms with Gasteiger partial charge in [0.05, 0.1) is 12.1 Å². The van der Waals surface area contributed by atoms with Crippen molar-refractivity contribution in [1.29, 1.82) is 0 Å². The Hall–Kier alpha value is -2.42. The van der Waals surface area contributed by atoms with Crippen LogP contribution < -0.4 is 10.6 Å². The molecular weight excluding hydrogens is 355 g/mol. The van der Waals surface area contributed by atoms with E-state index < -0.39 is 35.4 Å². The fraction of sp³-hybridized carbons (Fsp3) is 0.312. The molecule has 2 N–H and O–H groups in total. The van der Waals surface area contributed by atoms with Crippen molar-refractivity contribution >= 4 is 28.3 Å². The van der Waals surface area contributed by atoms with E-state index in [0.717, 1.165) is 6.07 Å². The number of thiazole rings is 1.